The van der Waals surface area contributed by atoms with E-state index in [0.29, 0.717) is 11.8 Å². The molecule has 22 heavy (non-hydrogen) atoms. The van der Waals surface area contributed by atoms with Crippen LogP contribution in [0.2, 0.25) is 0 Å². The van der Waals surface area contributed by atoms with Gasteiger partial charge in [0.2, 0.25) is 5.91 Å². The van der Waals surface area contributed by atoms with Crippen LogP contribution in [0.3, 0.4) is 0 Å². The van der Waals surface area contributed by atoms with Gasteiger partial charge in [0.15, 0.2) is 0 Å². The molecule has 0 aliphatic rings. The quantitative estimate of drug-likeness (QED) is 0.793. The highest BCUT2D eigenvalue weighted by Gasteiger charge is 2.07. The van der Waals surface area contributed by atoms with Crippen LogP contribution in [-0.4, -0.2) is 23.5 Å². The molecule has 0 aliphatic heterocycles. The zero-order valence-electron chi connectivity index (χ0n) is 11.3. The first-order valence-corrected chi connectivity index (χ1v) is 6.28. The summed E-state index contributed by atoms with van der Waals surface area (Å²) in [5, 5.41) is 13.8. The summed E-state index contributed by atoms with van der Waals surface area (Å²) < 4.78 is 26.1. The number of carboxylic acid groups (broad SMARTS) is 1. The van der Waals surface area contributed by atoms with Crippen LogP contribution in [0.1, 0.15) is 10.4 Å². The van der Waals surface area contributed by atoms with Crippen molar-refractivity contribution in [2.45, 2.75) is 0 Å². The van der Waals surface area contributed by atoms with Crippen LogP contribution < -0.4 is 10.6 Å². The smallest absolute Gasteiger partial charge is 0.335 e. The fourth-order valence-electron chi connectivity index (χ4n) is 1.71. The van der Waals surface area contributed by atoms with Crippen molar-refractivity contribution in [1.29, 1.82) is 0 Å². The number of benzene rings is 2. The number of halogens is 2. The molecule has 0 atom stereocenters. The van der Waals surface area contributed by atoms with E-state index in [1.807, 2.05) is 0 Å². The van der Waals surface area contributed by atoms with Gasteiger partial charge in [-0.05, 0) is 36.4 Å². The summed E-state index contributed by atoms with van der Waals surface area (Å²) in [6.45, 7) is -0.219. The summed E-state index contributed by atoms with van der Waals surface area (Å²) in [4.78, 5) is 22.4. The molecule has 0 aliphatic carbocycles. The molecule has 0 spiro atoms. The molecule has 2 rings (SSSR count). The first-order chi connectivity index (χ1) is 10.5. The maximum atomic E-state index is 13.4. The third-order valence-corrected chi connectivity index (χ3v) is 2.79. The van der Waals surface area contributed by atoms with Gasteiger partial charge in [0.25, 0.3) is 0 Å². The van der Waals surface area contributed by atoms with E-state index in [4.69, 9.17) is 5.11 Å². The molecule has 0 saturated heterocycles. The predicted octanol–water partition coefficient (Wildman–Crippen LogP) is 2.71. The van der Waals surface area contributed by atoms with Crippen molar-refractivity contribution in [3.8, 4) is 0 Å². The molecule has 0 heterocycles. The normalized spacial score (nSPS) is 10.1. The van der Waals surface area contributed by atoms with Gasteiger partial charge in [0.1, 0.15) is 11.6 Å². The first-order valence-electron chi connectivity index (χ1n) is 6.28. The lowest BCUT2D eigenvalue weighted by Crippen LogP contribution is -2.22. The Kier molecular flexibility index (Phi) is 4.67. The minimum absolute atomic E-state index is 0.0118. The van der Waals surface area contributed by atoms with Crippen molar-refractivity contribution in [2.75, 3.05) is 17.2 Å². The van der Waals surface area contributed by atoms with Crippen LogP contribution in [0.5, 0.6) is 0 Å². The van der Waals surface area contributed by atoms with Gasteiger partial charge in [0, 0.05) is 11.8 Å². The lowest BCUT2D eigenvalue weighted by molar-refractivity contribution is -0.114. The van der Waals surface area contributed by atoms with Crippen LogP contribution in [0.15, 0.2) is 42.5 Å². The molecule has 0 bridgehead atoms. The topological polar surface area (TPSA) is 78.4 Å². The Morgan fingerprint density at radius 1 is 1.05 bits per heavy atom. The van der Waals surface area contributed by atoms with E-state index in [2.05, 4.69) is 10.6 Å². The summed E-state index contributed by atoms with van der Waals surface area (Å²) in [7, 11) is 0. The number of hydrogen-bond donors (Lipinski definition) is 3. The molecule has 0 radical (unpaired) electrons. The lowest BCUT2D eigenvalue weighted by Gasteiger charge is -2.09. The molecule has 0 unspecified atom stereocenters. The maximum absolute atomic E-state index is 13.4. The van der Waals surface area contributed by atoms with Crippen molar-refractivity contribution < 1.29 is 23.5 Å². The Balaban J connectivity index is 1.91. The first kappa shape index (κ1) is 15.4. The molecule has 0 aromatic heterocycles. The third kappa shape index (κ3) is 4.02. The second-order valence-electron chi connectivity index (χ2n) is 4.41. The van der Waals surface area contributed by atoms with E-state index in [-0.39, 0.29) is 17.8 Å². The fourth-order valence-corrected chi connectivity index (χ4v) is 1.71. The number of carboxylic acids is 1. The molecule has 5 nitrogen and oxygen atoms in total. The van der Waals surface area contributed by atoms with E-state index < -0.39 is 23.5 Å². The second kappa shape index (κ2) is 6.66. The highest BCUT2D eigenvalue weighted by atomic mass is 19.1. The molecular weight excluding hydrogens is 294 g/mol. The summed E-state index contributed by atoms with van der Waals surface area (Å²) in [5.41, 5.74) is 0.527. The Hall–Kier alpha value is -2.96. The number of hydrogen-bond acceptors (Lipinski definition) is 3. The zero-order chi connectivity index (χ0) is 16.1. The summed E-state index contributed by atoms with van der Waals surface area (Å²) in [5.74, 6) is -3.01. The SMILES string of the molecule is O=C(CNc1ccc(F)cc1F)Nc1ccc(C(=O)O)cc1. The zero-order valence-corrected chi connectivity index (χ0v) is 11.3. The summed E-state index contributed by atoms with van der Waals surface area (Å²) >= 11 is 0. The standard InChI is InChI=1S/C15H12F2N2O3/c16-10-3-6-13(12(17)7-10)18-8-14(20)19-11-4-1-9(2-5-11)15(21)22/h1-7,18H,8H2,(H,19,20)(H,21,22). The number of carbonyl (C=O) groups is 2. The number of carbonyl (C=O) groups excluding carboxylic acids is 1. The fraction of sp³-hybridized carbons (Fsp3) is 0.0667. The van der Waals surface area contributed by atoms with E-state index in [0.717, 1.165) is 6.07 Å². The predicted molar refractivity (Wildman–Crippen MR) is 76.9 cm³/mol. The van der Waals surface area contributed by atoms with Crippen LogP contribution in [-0.2, 0) is 4.79 Å². The molecule has 0 saturated carbocycles. The summed E-state index contributed by atoms with van der Waals surface area (Å²) in [6.07, 6.45) is 0. The molecule has 3 N–H and O–H groups in total. The van der Waals surface area contributed by atoms with Crippen LogP contribution in [0, 0.1) is 11.6 Å². The van der Waals surface area contributed by atoms with Gasteiger partial charge in [-0.25, -0.2) is 13.6 Å². The minimum Gasteiger partial charge on any atom is -0.478 e. The van der Waals surface area contributed by atoms with E-state index in [1.54, 1.807) is 0 Å². The van der Waals surface area contributed by atoms with Gasteiger partial charge < -0.3 is 15.7 Å². The largest absolute Gasteiger partial charge is 0.478 e. The average molecular weight is 306 g/mol. The van der Waals surface area contributed by atoms with Crippen molar-refractivity contribution in [1.82, 2.24) is 0 Å². The molecule has 1 amide bonds. The van der Waals surface area contributed by atoms with Crippen LogP contribution >= 0.6 is 0 Å². The molecular formula is C15H12F2N2O3. The highest BCUT2D eigenvalue weighted by Crippen LogP contribution is 2.15. The van der Waals surface area contributed by atoms with Crippen molar-refractivity contribution >= 4 is 23.3 Å². The average Bonchev–Trinajstić information content (AvgIpc) is 2.47. The monoisotopic (exact) mass is 306 g/mol. The van der Waals surface area contributed by atoms with Crippen molar-refractivity contribution in [3.05, 3.63) is 59.7 Å². The summed E-state index contributed by atoms with van der Waals surface area (Å²) in [6, 6.07) is 8.58. The van der Waals surface area contributed by atoms with E-state index >= 15 is 0 Å². The Bertz CT molecular complexity index is 702. The molecule has 7 heteroatoms. The van der Waals surface area contributed by atoms with Gasteiger partial charge in [-0.1, -0.05) is 0 Å². The van der Waals surface area contributed by atoms with Crippen LogP contribution in [0.4, 0.5) is 20.2 Å². The van der Waals surface area contributed by atoms with Crippen molar-refractivity contribution in [2.24, 2.45) is 0 Å². The Labute approximate surface area is 124 Å². The van der Waals surface area contributed by atoms with Crippen molar-refractivity contribution in [3.63, 3.8) is 0 Å². The van der Waals surface area contributed by atoms with Gasteiger partial charge in [0.05, 0.1) is 17.8 Å². The van der Waals surface area contributed by atoms with E-state index in [9.17, 15) is 18.4 Å². The second-order valence-corrected chi connectivity index (χ2v) is 4.41. The molecule has 2 aromatic rings. The molecule has 114 valence electrons. The third-order valence-electron chi connectivity index (χ3n) is 2.79. The molecule has 2 aromatic carbocycles. The minimum atomic E-state index is -1.06. The number of nitrogens with one attached hydrogen (secondary N) is 2. The number of rotatable bonds is 5. The Morgan fingerprint density at radius 3 is 2.32 bits per heavy atom. The Morgan fingerprint density at radius 2 is 1.73 bits per heavy atom. The highest BCUT2D eigenvalue weighted by molar-refractivity contribution is 5.94. The van der Waals surface area contributed by atoms with Gasteiger partial charge in [-0.3, -0.25) is 4.79 Å². The molecule has 0 fully saturated rings. The van der Waals surface area contributed by atoms with Gasteiger partial charge in [-0.2, -0.15) is 0 Å². The number of aromatic carboxylic acids is 1. The maximum Gasteiger partial charge on any atom is 0.335 e. The van der Waals surface area contributed by atoms with Gasteiger partial charge >= 0.3 is 5.97 Å². The van der Waals surface area contributed by atoms with E-state index in [1.165, 1.54) is 30.3 Å². The number of anilines is 2. The van der Waals surface area contributed by atoms with Gasteiger partial charge in [-0.15, -0.1) is 0 Å². The number of amides is 1. The lowest BCUT2D eigenvalue weighted by atomic mass is 10.2. The van der Waals surface area contributed by atoms with Crippen LogP contribution in [0.25, 0.3) is 0 Å².